The number of hydrogen-bond donors (Lipinski definition) is 1. The van der Waals surface area contributed by atoms with Crippen molar-refractivity contribution in [2.75, 3.05) is 46.3 Å². The van der Waals surface area contributed by atoms with Gasteiger partial charge in [-0.25, -0.2) is 0 Å². The van der Waals surface area contributed by atoms with E-state index in [2.05, 4.69) is 34.1 Å². The Bertz CT molecular complexity index is 1070. The summed E-state index contributed by atoms with van der Waals surface area (Å²) in [5, 5.41) is 1.94. The number of rotatable bonds is 8. The molecule has 0 amide bonds. The number of aromatic nitrogens is 1. The van der Waals surface area contributed by atoms with Crippen LogP contribution in [0.4, 0.5) is 0 Å². The maximum Gasteiger partial charge on any atom is 0.137 e. The van der Waals surface area contributed by atoms with Gasteiger partial charge in [-0.3, -0.25) is 0 Å². The lowest BCUT2D eigenvalue weighted by molar-refractivity contribution is 0.0790. The molecule has 0 aliphatic carbocycles. The minimum Gasteiger partial charge on any atom is -0.497 e. The summed E-state index contributed by atoms with van der Waals surface area (Å²) in [6.07, 6.45) is 0.910. The minimum absolute atomic E-state index is 0.00485. The van der Waals surface area contributed by atoms with E-state index in [1.807, 2.05) is 18.2 Å². The van der Waals surface area contributed by atoms with E-state index in [0.29, 0.717) is 19.8 Å². The summed E-state index contributed by atoms with van der Waals surface area (Å²) in [7, 11) is 3.36. The summed E-state index contributed by atoms with van der Waals surface area (Å²) in [5.41, 5.74) is 4.77. The largest absolute Gasteiger partial charge is 0.497 e. The third-order valence-corrected chi connectivity index (χ3v) is 7.32. The van der Waals surface area contributed by atoms with Gasteiger partial charge in [-0.15, -0.1) is 0 Å². The van der Waals surface area contributed by atoms with E-state index >= 15 is 0 Å². The molecule has 0 radical (unpaired) electrons. The van der Waals surface area contributed by atoms with E-state index in [1.165, 1.54) is 22.2 Å². The zero-order valence-electron chi connectivity index (χ0n) is 18.2. The number of H-pyrrole nitrogens is 1. The second kappa shape index (κ2) is 10.9. The van der Waals surface area contributed by atoms with Crippen molar-refractivity contribution in [2.24, 2.45) is 0 Å². The van der Waals surface area contributed by atoms with Crippen molar-refractivity contribution in [1.82, 2.24) is 9.88 Å². The standard InChI is InChI=1S/C24H27ClN2O3S2/c1-28-11-12-30-13-14-32-24(31)27-10-9-19-20-15-17(25)5-8-21(20)26-22(19)23(27)16-3-6-18(29-2)7-4-16/h3-8,15,23,26H,9-14H2,1-2H3. The van der Waals surface area contributed by atoms with Crippen LogP contribution >= 0.6 is 35.6 Å². The summed E-state index contributed by atoms with van der Waals surface area (Å²) < 4.78 is 16.9. The monoisotopic (exact) mass is 490 g/mol. The van der Waals surface area contributed by atoms with Gasteiger partial charge in [0.25, 0.3) is 0 Å². The number of halogens is 1. The third-order valence-electron chi connectivity index (χ3n) is 5.64. The maximum atomic E-state index is 6.30. The molecule has 4 rings (SSSR count). The number of thiocarbonyl (C=S) groups is 1. The number of thioether (sulfide) groups is 1. The molecule has 1 N–H and O–H groups in total. The fourth-order valence-electron chi connectivity index (χ4n) is 4.11. The number of nitrogens with one attached hydrogen (secondary N) is 1. The maximum absolute atomic E-state index is 6.30. The lowest BCUT2D eigenvalue weighted by Crippen LogP contribution is -2.38. The second-order valence-corrected chi connectivity index (χ2v) is 9.71. The summed E-state index contributed by atoms with van der Waals surface area (Å²) >= 11 is 13.8. The van der Waals surface area contributed by atoms with Crippen LogP contribution in [0, 0.1) is 0 Å². The zero-order valence-corrected chi connectivity index (χ0v) is 20.6. The Morgan fingerprint density at radius 1 is 1.16 bits per heavy atom. The Morgan fingerprint density at radius 3 is 2.72 bits per heavy atom. The first-order valence-corrected chi connectivity index (χ1v) is 12.3. The van der Waals surface area contributed by atoms with Gasteiger partial charge in [0.05, 0.1) is 33.0 Å². The molecule has 8 heteroatoms. The predicted molar refractivity (Wildman–Crippen MR) is 136 cm³/mol. The highest BCUT2D eigenvalue weighted by molar-refractivity contribution is 8.22. The topological polar surface area (TPSA) is 46.7 Å². The first-order valence-electron chi connectivity index (χ1n) is 10.6. The van der Waals surface area contributed by atoms with E-state index in [-0.39, 0.29) is 6.04 Å². The molecular formula is C24H27ClN2O3S2. The lowest BCUT2D eigenvalue weighted by atomic mass is 9.93. The van der Waals surface area contributed by atoms with Gasteiger partial charge in [0, 0.05) is 41.0 Å². The van der Waals surface area contributed by atoms with Crippen molar-refractivity contribution in [1.29, 1.82) is 0 Å². The smallest absolute Gasteiger partial charge is 0.137 e. The molecule has 1 aliphatic heterocycles. The Hall–Kier alpha value is -1.77. The highest BCUT2D eigenvalue weighted by atomic mass is 35.5. The number of hydrogen-bond acceptors (Lipinski definition) is 5. The minimum atomic E-state index is 0.00485. The Balaban J connectivity index is 1.61. The van der Waals surface area contributed by atoms with Crippen molar-refractivity contribution in [2.45, 2.75) is 12.5 Å². The Kier molecular flexibility index (Phi) is 7.97. The van der Waals surface area contributed by atoms with Crippen molar-refractivity contribution in [3.63, 3.8) is 0 Å². The highest BCUT2D eigenvalue weighted by Crippen LogP contribution is 2.40. The van der Waals surface area contributed by atoms with E-state index in [0.717, 1.165) is 39.3 Å². The van der Waals surface area contributed by atoms with Gasteiger partial charge >= 0.3 is 0 Å². The van der Waals surface area contributed by atoms with E-state index in [4.69, 9.17) is 38.0 Å². The molecule has 2 aromatic carbocycles. The molecule has 1 aromatic heterocycles. The summed E-state index contributed by atoms with van der Waals surface area (Å²) in [5.74, 6) is 1.65. The summed E-state index contributed by atoms with van der Waals surface area (Å²) in [6, 6.07) is 14.3. The van der Waals surface area contributed by atoms with Gasteiger partial charge in [0.15, 0.2) is 0 Å². The number of methoxy groups -OCH3 is 2. The molecule has 0 spiro atoms. The van der Waals surface area contributed by atoms with Crippen molar-refractivity contribution >= 4 is 50.8 Å². The zero-order chi connectivity index (χ0) is 22.5. The van der Waals surface area contributed by atoms with Gasteiger partial charge in [-0.1, -0.05) is 47.7 Å². The van der Waals surface area contributed by atoms with Crippen molar-refractivity contribution in [3.05, 3.63) is 64.3 Å². The third kappa shape index (κ3) is 5.07. The van der Waals surface area contributed by atoms with Crippen LogP contribution in [0.25, 0.3) is 10.9 Å². The molecule has 170 valence electrons. The molecule has 0 saturated carbocycles. The van der Waals surface area contributed by atoms with Crippen LogP contribution < -0.4 is 4.74 Å². The van der Waals surface area contributed by atoms with Crippen molar-refractivity contribution in [3.8, 4) is 5.75 Å². The normalized spacial score (nSPS) is 15.7. The second-order valence-electron chi connectivity index (χ2n) is 7.55. The average molecular weight is 491 g/mol. The molecule has 1 atom stereocenters. The van der Waals surface area contributed by atoms with Crippen LogP contribution in [0.15, 0.2) is 42.5 Å². The number of nitrogens with zero attached hydrogens (tertiary/aromatic N) is 1. The fourth-order valence-corrected chi connectivity index (χ4v) is 5.46. The van der Waals surface area contributed by atoms with Crippen molar-refractivity contribution < 1.29 is 14.2 Å². The fraction of sp³-hybridized carbons (Fsp3) is 0.375. The summed E-state index contributed by atoms with van der Waals surface area (Å²) in [4.78, 5) is 5.97. The van der Waals surface area contributed by atoms with Crippen LogP contribution in [0.1, 0.15) is 22.9 Å². The van der Waals surface area contributed by atoms with Crippen LogP contribution in [0.2, 0.25) is 5.02 Å². The van der Waals surface area contributed by atoms with Gasteiger partial charge in [-0.05, 0) is 47.9 Å². The number of ether oxygens (including phenoxy) is 3. The molecular weight excluding hydrogens is 464 g/mol. The molecule has 5 nitrogen and oxygen atoms in total. The highest BCUT2D eigenvalue weighted by Gasteiger charge is 2.33. The van der Waals surface area contributed by atoms with Crippen LogP contribution in [-0.4, -0.2) is 60.5 Å². The lowest BCUT2D eigenvalue weighted by Gasteiger charge is -2.37. The SMILES string of the molecule is COCCOCCSC(=S)N1CCc2c([nH]c3ccc(Cl)cc23)C1c1ccc(OC)cc1. The number of benzene rings is 2. The average Bonchev–Trinajstić information content (AvgIpc) is 3.18. The molecule has 3 aromatic rings. The van der Waals surface area contributed by atoms with Gasteiger partial charge in [0.1, 0.15) is 10.1 Å². The predicted octanol–water partition coefficient (Wildman–Crippen LogP) is 5.46. The van der Waals surface area contributed by atoms with Gasteiger partial charge in [-0.2, -0.15) is 0 Å². The quantitative estimate of drug-likeness (QED) is 0.334. The molecule has 2 heterocycles. The summed E-state index contributed by atoms with van der Waals surface area (Å²) in [6.45, 7) is 2.70. The van der Waals surface area contributed by atoms with Gasteiger partial charge in [0.2, 0.25) is 0 Å². The van der Waals surface area contributed by atoms with Crippen LogP contribution in [-0.2, 0) is 15.9 Å². The number of fused-ring (bicyclic) bond motifs is 3. The molecule has 1 aliphatic rings. The first kappa shape index (κ1) is 23.4. The Labute approximate surface area is 203 Å². The molecule has 1 unspecified atom stereocenters. The Morgan fingerprint density at radius 2 is 1.97 bits per heavy atom. The van der Waals surface area contributed by atoms with E-state index in [1.54, 1.807) is 26.0 Å². The molecule has 0 saturated heterocycles. The molecule has 0 bridgehead atoms. The molecule has 0 fully saturated rings. The first-order chi connectivity index (χ1) is 15.6. The number of aromatic amines is 1. The van der Waals surface area contributed by atoms with E-state index in [9.17, 15) is 0 Å². The van der Waals surface area contributed by atoms with Crippen LogP contribution in [0.3, 0.4) is 0 Å². The van der Waals surface area contributed by atoms with Crippen LogP contribution in [0.5, 0.6) is 5.75 Å². The molecule has 32 heavy (non-hydrogen) atoms. The van der Waals surface area contributed by atoms with Gasteiger partial charge < -0.3 is 24.1 Å². The van der Waals surface area contributed by atoms with E-state index < -0.39 is 0 Å².